The van der Waals surface area contributed by atoms with E-state index in [1.165, 1.54) is 17.1 Å². The molecule has 1 aromatic rings. The highest BCUT2D eigenvalue weighted by Crippen LogP contribution is 2.32. The molecule has 0 aliphatic carbocycles. The maximum atomic E-state index is 6.29. The van der Waals surface area contributed by atoms with Crippen molar-refractivity contribution in [2.45, 2.75) is 11.3 Å². The molecule has 0 aromatic heterocycles. The SMILES string of the molecule is COc1ccc(C(N)C2CSCCS2)cc1. The predicted molar refractivity (Wildman–Crippen MR) is 73.5 cm³/mol. The van der Waals surface area contributed by atoms with Crippen LogP contribution in [-0.2, 0) is 0 Å². The van der Waals surface area contributed by atoms with Gasteiger partial charge in [0.2, 0.25) is 0 Å². The molecule has 2 unspecified atom stereocenters. The number of nitrogens with two attached hydrogens (primary N) is 1. The Morgan fingerprint density at radius 1 is 1.31 bits per heavy atom. The Bertz CT molecular complexity index is 322. The number of methoxy groups -OCH3 is 1. The minimum atomic E-state index is 0.142. The topological polar surface area (TPSA) is 35.2 Å². The third kappa shape index (κ3) is 2.87. The Labute approximate surface area is 105 Å². The Kier molecular flexibility index (Phi) is 4.44. The van der Waals surface area contributed by atoms with Crippen LogP contribution in [0, 0.1) is 0 Å². The molecule has 1 aliphatic heterocycles. The summed E-state index contributed by atoms with van der Waals surface area (Å²) < 4.78 is 5.14. The van der Waals surface area contributed by atoms with E-state index in [0.29, 0.717) is 5.25 Å². The fourth-order valence-electron chi connectivity index (χ4n) is 1.75. The second-order valence-corrected chi connectivity index (χ2v) is 6.28. The summed E-state index contributed by atoms with van der Waals surface area (Å²) in [6.45, 7) is 0. The monoisotopic (exact) mass is 255 g/mol. The van der Waals surface area contributed by atoms with Gasteiger partial charge < -0.3 is 10.5 Å². The first-order valence-corrected chi connectivity index (χ1v) is 7.60. The highest BCUT2D eigenvalue weighted by molar-refractivity contribution is 8.06. The quantitative estimate of drug-likeness (QED) is 0.900. The molecule has 1 aromatic carbocycles. The molecule has 88 valence electrons. The molecule has 1 heterocycles. The van der Waals surface area contributed by atoms with Crippen LogP contribution < -0.4 is 10.5 Å². The van der Waals surface area contributed by atoms with Gasteiger partial charge in [0.25, 0.3) is 0 Å². The smallest absolute Gasteiger partial charge is 0.118 e. The van der Waals surface area contributed by atoms with Crippen molar-refractivity contribution in [3.63, 3.8) is 0 Å². The molecular weight excluding hydrogens is 238 g/mol. The van der Waals surface area contributed by atoms with E-state index in [0.717, 1.165) is 11.5 Å². The summed E-state index contributed by atoms with van der Waals surface area (Å²) in [4.78, 5) is 0. The van der Waals surface area contributed by atoms with Crippen molar-refractivity contribution in [2.75, 3.05) is 24.4 Å². The number of ether oxygens (including phenoxy) is 1. The van der Waals surface area contributed by atoms with Crippen molar-refractivity contribution in [3.05, 3.63) is 29.8 Å². The maximum absolute atomic E-state index is 6.29. The summed E-state index contributed by atoms with van der Waals surface area (Å²) in [5.41, 5.74) is 7.50. The molecule has 0 radical (unpaired) electrons. The molecule has 2 atom stereocenters. The number of hydrogen-bond acceptors (Lipinski definition) is 4. The maximum Gasteiger partial charge on any atom is 0.118 e. The Morgan fingerprint density at radius 3 is 2.62 bits per heavy atom. The summed E-state index contributed by atoms with van der Waals surface area (Å²) in [5.74, 6) is 4.54. The van der Waals surface area contributed by atoms with Gasteiger partial charge in [-0.2, -0.15) is 23.5 Å². The first kappa shape index (κ1) is 12.1. The van der Waals surface area contributed by atoms with Gasteiger partial charge in [0.05, 0.1) is 7.11 Å². The first-order chi connectivity index (χ1) is 7.81. The first-order valence-electron chi connectivity index (χ1n) is 5.40. The zero-order valence-corrected chi connectivity index (χ0v) is 11.0. The standard InChI is InChI=1S/C12H17NOS2/c1-14-10-4-2-9(3-5-10)12(13)11-8-15-6-7-16-11/h2-5,11-12H,6-8,13H2,1H3. The van der Waals surface area contributed by atoms with Gasteiger partial charge >= 0.3 is 0 Å². The number of benzene rings is 1. The molecule has 1 fully saturated rings. The lowest BCUT2D eigenvalue weighted by atomic mass is 10.1. The summed E-state index contributed by atoms with van der Waals surface area (Å²) in [6, 6.07) is 8.25. The van der Waals surface area contributed by atoms with Crippen LogP contribution >= 0.6 is 23.5 Å². The van der Waals surface area contributed by atoms with Crippen LogP contribution in [0.4, 0.5) is 0 Å². The van der Waals surface area contributed by atoms with Crippen molar-refractivity contribution in [2.24, 2.45) is 5.73 Å². The fourth-order valence-corrected chi connectivity index (χ4v) is 4.56. The molecule has 1 aliphatic rings. The van der Waals surface area contributed by atoms with Crippen LogP contribution in [0.25, 0.3) is 0 Å². The van der Waals surface area contributed by atoms with E-state index in [9.17, 15) is 0 Å². The molecule has 2 nitrogen and oxygen atoms in total. The van der Waals surface area contributed by atoms with Gasteiger partial charge in [-0.05, 0) is 17.7 Å². The van der Waals surface area contributed by atoms with Gasteiger partial charge in [-0.3, -0.25) is 0 Å². The van der Waals surface area contributed by atoms with E-state index < -0.39 is 0 Å². The molecule has 16 heavy (non-hydrogen) atoms. The van der Waals surface area contributed by atoms with Gasteiger partial charge in [-0.25, -0.2) is 0 Å². The molecule has 0 bridgehead atoms. The number of thioether (sulfide) groups is 2. The van der Waals surface area contributed by atoms with Crippen LogP contribution in [0.15, 0.2) is 24.3 Å². The van der Waals surface area contributed by atoms with E-state index in [4.69, 9.17) is 10.5 Å². The average Bonchev–Trinajstić information content (AvgIpc) is 2.39. The Balaban J connectivity index is 2.04. The second-order valence-electron chi connectivity index (χ2n) is 3.78. The van der Waals surface area contributed by atoms with Crippen molar-refractivity contribution < 1.29 is 4.74 Å². The summed E-state index contributed by atoms with van der Waals surface area (Å²) in [6.07, 6.45) is 0. The third-order valence-electron chi connectivity index (χ3n) is 2.74. The van der Waals surface area contributed by atoms with Crippen LogP contribution in [0.2, 0.25) is 0 Å². The number of hydrogen-bond donors (Lipinski definition) is 1. The molecular formula is C12H17NOS2. The van der Waals surface area contributed by atoms with Crippen molar-refractivity contribution >= 4 is 23.5 Å². The van der Waals surface area contributed by atoms with Gasteiger partial charge in [0.15, 0.2) is 0 Å². The Morgan fingerprint density at radius 2 is 2.06 bits per heavy atom. The predicted octanol–water partition coefficient (Wildman–Crippen LogP) is 2.54. The lowest BCUT2D eigenvalue weighted by Crippen LogP contribution is -2.28. The summed E-state index contributed by atoms with van der Waals surface area (Å²) >= 11 is 4.01. The van der Waals surface area contributed by atoms with Crippen LogP contribution in [0.5, 0.6) is 5.75 Å². The van der Waals surface area contributed by atoms with Crippen molar-refractivity contribution in [3.8, 4) is 5.75 Å². The van der Waals surface area contributed by atoms with Crippen LogP contribution in [0.1, 0.15) is 11.6 Å². The zero-order valence-electron chi connectivity index (χ0n) is 9.39. The Hall–Kier alpha value is -0.320. The van der Waals surface area contributed by atoms with Crippen molar-refractivity contribution in [1.29, 1.82) is 0 Å². The normalized spacial score (nSPS) is 22.8. The van der Waals surface area contributed by atoms with E-state index in [1.807, 2.05) is 35.7 Å². The molecule has 0 spiro atoms. The van der Waals surface area contributed by atoms with Gasteiger partial charge in [-0.1, -0.05) is 12.1 Å². The van der Waals surface area contributed by atoms with E-state index in [1.54, 1.807) is 7.11 Å². The van der Waals surface area contributed by atoms with E-state index in [2.05, 4.69) is 12.1 Å². The largest absolute Gasteiger partial charge is 0.497 e. The van der Waals surface area contributed by atoms with Crippen molar-refractivity contribution in [1.82, 2.24) is 0 Å². The molecule has 2 N–H and O–H groups in total. The minimum absolute atomic E-state index is 0.142. The highest BCUT2D eigenvalue weighted by atomic mass is 32.2. The van der Waals surface area contributed by atoms with E-state index >= 15 is 0 Å². The number of rotatable bonds is 3. The van der Waals surface area contributed by atoms with Gasteiger partial charge in [0, 0.05) is 28.6 Å². The fraction of sp³-hybridized carbons (Fsp3) is 0.500. The third-order valence-corrected chi connectivity index (χ3v) is 5.63. The second kappa shape index (κ2) is 5.84. The lowest BCUT2D eigenvalue weighted by molar-refractivity contribution is 0.414. The van der Waals surface area contributed by atoms with E-state index in [-0.39, 0.29) is 6.04 Å². The molecule has 0 amide bonds. The van der Waals surface area contributed by atoms with Gasteiger partial charge in [-0.15, -0.1) is 0 Å². The summed E-state index contributed by atoms with van der Waals surface area (Å²) in [5, 5.41) is 0.548. The molecule has 0 saturated carbocycles. The highest BCUT2D eigenvalue weighted by Gasteiger charge is 2.22. The minimum Gasteiger partial charge on any atom is -0.497 e. The van der Waals surface area contributed by atoms with Crippen LogP contribution in [-0.4, -0.2) is 29.6 Å². The lowest BCUT2D eigenvalue weighted by Gasteiger charge is -2.27. The average molecular weight is 255 g/mol. The molecule has 2 rings (SSSR count). The van der Waals surface area contributed by atoms with Gasteiger partial charge in [0.1, 0.15) is 5.75 Å². The molecule has 4 heteroatoms. The molecule has 1 saturated heterocycles. The van der Waals surface area contributed by atoms with Crippen LogP contribution in [0.3, 0.4) is 0 Å². The summed E-state index contributed by atoms with van der Waals surface area (Å²) in [7, 11) is 1.68. The zero-order chi connectivity index (χ0) is 11.4.